The summed E-state index contributed by atoms with van der Waals surface area (Å²) >= 11 is 0. The van der Waals surface area contributed by atoms with Crippen LogP contribution in [-0.2, 0) is 9.59 Å². The molecule has 10 nitrogen and oxygen atoms in total. The molecule has 1 fully saturated rings. The van der Waals surface area contributed by atoms with Gasteiger partial charge in [-0.2, -0.15) is 0 Å². The number of fused-ring (bicyclic) bond motifs is 1. The Hall–Kier alpha value is -4.54. The van der Waals surface area contributed by atoms with Crippen molar-refractivity contribution in [3.63, 3.8) is 0 Å². The van der Waals surface area contributed by atoms with Gasteiger partial charge in [0.2, 0.25) is 0 Å². The first kappa shape index (κ1) is 30.5. The molecule has 4 unspecified atom stereocenters. The molecule has 0 saturated carbocycles. The average Bonchev–Trinajstić information content (AvgIpc) is 3.51. The third-order valence-electron chi connectivity index (χ3n) is 9.64. The molecule has 2 aliphatic heterocycles. The van der Waals surface area contributed by atoms with Crippen LogP contribution in [0.2, 0.25) is 0 Å². The lowest BCUT2D eigenvalue weighted by Crippen LogP contribution is -2.60. The Balaban J connectivity index is 1.25. The van der Waals surface area contributed by atoms with Crippen molar-refractivity contribution in [2.75, 3.05) is 26.2 Å². The topological polar surface area (TPSA) is 132 Å². The second-order valence-electron chi connectivity index (χ2n) is 12.5. The first-order chi connectivity index (χ1) is 21.7. The molecule has 3 N–H and O–H groups in total. The van der Waals surface area contributed by atoms with Crippen LogP contribution in [0.15, 0.2) is 94.8 Å². The van der Waals surface area contributed by atoms with E-state index in [0.29, 0.717) is 28.7 Å². The van der Waals surface area contributed by atoms with Crippen molar-refractivity contribution in [2.45, 2.75) is 50.7 Å². The van der Waals surface area contributed by atoms with Crippen molar-refractivity contribution in [1.82, 2.24) is 25.4 Å². The summed E-state index contributed by atoms with van der Waals surface area (Å²) in [7, 11) is 0. The molecule has 1 saturated heterocycles. The first-order valence-corrected chi connectivity index (χ1v) is 15.4. The number of hydrogen-bond donors (Lipinski definition) is 3. The lowest BCUT2D eigenvalue weighted by molar-refractivity contribution is -0.146. The maximum Gasteiger partial charge on any atom is 0.333 e. The van der Waals surface area contributed by atoms with E-state index in [2.05, 4.69) is 80.9 Å². The maximum absolute atomic E-state index is 13.1. The van der Waals surface area contributed by atoms with Gasteiger partial charge in [-0.15, -0.1) is 0 Å². The smallest absolute Gasteiger partial charge is 0.333 e. The Kier molecular flexibility index (Phi) is 8.44. The van der Waals surface area contributed by atoms with Gasteiger partial charge in [0, 0.05) is 49.4 Å². The Bertz CT molecular complexity index is 1660. The lowest BCUT2D eigenvalue weighted by Gasteiger charge is -2.49. The third kappa shape index (κ3) is 5.83. The number of nitrogens with one attached hydrogen (secondary N) is 1. The van der Waals surface area contributed by atoms with E-state index in [1.54, 1.807) is 25.1 Å². The standard InChI is InChI=1S/C35H39N5O5/c1-22(39-17-19-40(20-18-39)32(24-11-6-4-7-12-24)25-13-8-5-9-14-25)21-35(3)30(34(43)44)29(28(33(41)42)23(2)36-35)26-15-10-16-27-31(26)38-45-37-27/h4-16,22,29-30,32,36H,17-21H2,1-3H3,(H,41,42)(H,43,44). The quantitative estimate of drug-likeness (QED) is 0.240. The van der Waals surface area contributed by atoms with Crippen molar-refractivity contribution in [3.8, 4) is 0 Å². The molecule has 2 aliphatic rings. The van der Waals surface area contributed by atoms with E-state index in [0.717, 1.165) is 26.2 Å². The molecule has 0 radical (unpaired) electrons. The van der Waals surface area contributed by atoms with Gasteiger partial charge in [0.05, 0.1) is 17.5 Å². The van der Waals surface area contributed by atoms with Crippen molar-refractivity contribution >= 4 is 23.0 Å². The molecule has 6 rings (SSSR count). The van der Waals surface area contributed by atoms with E-state index < -0.39 is 29.3 Å². The molecule has 0 spiro atoms. The number of aliphatic carboxylic acids is 2. The van der Waals surface area contributed by atoms with Crippen LogP contribution in [0.5, 0.6) is 0 Å². The monoisotopic (exact) mass is 609 g/mol. The average molecular weight is 610 g/mol. The van der Waals surface area contributed by atoms with E-state index in [1.165, 1.54) is 11.1 Å². The molecular formula is C35H39N5O5. The van der Waals surface area contributed by atoms with Crippen molar-refractivity contribution in [1.29, 1.82) is 0 Å². The van der Waals surface area contributed by atoms with Gasteiger partial charge in [-0.25, -0.2) is 9.42 Å². The van der Waals surface area contributed by atoms with E-state index in [1.807, 2.05) is 19.1 Å². The summed E-state index contributed by atoms with van der Waals surface area (Å²) in [6.45, 7) is 9.12. The zero-order valence-electron chi connectivity index (χ0n) is 25.8. The molecule has 0 amide bonds. The highest BCUT2D eigenvalue weighted by Crippen LogP contribution is 2.47. The lowest BCUT2D eigenvalue weighted by atomic mass is 9.65. The molecule has 234 valence electrons. The highest BCUT2D eigenvalue weighted by atomic mass is 16.6. The van der Waals surface area contributed by atoms with Crippen molar-refractivity contribution in [2.24, 2.45) is 5.92 Å². The molecule has 0 bridgehead atoms. The van der Waals surface area contributed by atoms with Gasteiger partial charge in [-0.3, -0.25) is 14.6 Å². The highest BCUT2D eigenvalue weighted by Gasteiger charge is 2.52. The van der Waals surface area contributed by atoms with E-state index >= 15 is 0 Å². The molecule has 4 atom stereocenters. The van der Waals surface area contributed by atoms with Gasteiger partial charge < -0.3 is 15.5 Å². The summed E-state index contributed by atoms with van der Waals surface area (Å²) in [6, 6.07) is 26.5. The summed E-state index contributed by atoms with van der Waals surface area (Å²) in [4.78, 5) is 30.6. The molecule has 45 heavy (non-hydrogen) atoms. The van der Waals surface area contributed by atoms with Gasteiger partial charge in [0.25, 0.3) is 0 Å². The molecule has 4 aromatic rings. The number of piperazine rings is 1. The minimum absolute atomic E-state index is 0.0181. The van der Waals surface area contributed by atoms with E-state index in [9.17, 15) is 19.8 Å². The number of carboxylic acids is 2. The Morgan fingerprint density at radius 2 is 1.51 bits per heavy atom. The van der Waals surface area contributed by atoms with Crippen LogP contribution < -0.4 is 5.32 Å². The summed E-state index contributed by atoms with van der Waals surface area (Å²) in [5.41, 5.74) is 3.35. The Labute approximate surface area is 262 Å². The summed E-state index contributed by atoms with van der Waals surface area (Å²) in [6.07, 6.45) is 0.499. The molecule has 0 aliphatic carbocycles. The molecular weight excluding hydrogens is 570 g/mol. The fourth-order valence-corrected chi connectivity index (χ4v) is 7.70. The van der Waals surface area contributed by atoms with Crippen LogP contribution in [0.25, 0.3) is 11.0 Å². The number of carbonyl (C=O) groups is 2. The number of carboxylic acid groups (broad SMARTS) is 2. The zero-order chi connectivity index (χ0) is 31.7. The van der Waals surface area contributed by atoms with Crippen molar-refractivity contribution in [3.05, 3.63) is 107 Å². The zero-order valence-corrected chi connectivity index (χ0v) is 25.8. The van der Waals surface area contributed by atoms with E-state index in [4.69, 9.17) is 4.63 Å². The molecule has 10 heteroatoms. The van der Waals surface area contributed by atoms with Crippen LogP contribution in [-0.4, -0.2) is 80.0 Å². The van der Waals surface area contributed by atoms with Crippen LogP contribution in [0.1, 0.15) is 55.8 Å². The number of nitrogens with zero attached hydrogens (tertiary/aromatic N) is 4. The largest absolute Gasteiger partial charge is 0.481 e. The molecule has 1 aromatic heterocycles. The van der Waals surface area contributed by atoms with Gasteiger partial charge >= 0.3 is 11.9 Å². The van der Waals surface area contributed by atoms with Crippen LogP contribution in [0.3, 0.4) is 0 Å². The normalized spacial score (nSPS) is 23.6. The second-order valence-corrected chi connectivity index (χ2v) is 12.5. The minimum atomic E-state index is -1.16. The van der Waals surface area contributed by atoms with Gasteiger partial charge in [-0.1, -0.05) is 72.8 Å². The Morgan fingerprint density at radius 1 is 0.911 bits per heavy atom. The van der Waals surface area contributed by atoms with Crippen molar-refractivity contribution < 1.29 is 24.4 Å². The minimum Gasteiger partial charge on any atom is -0.481 e. The first-order valence-electron chi connectivity index (χ1n) is 15.4. The highest BCUT2D eigenvalue weighted by molar-refractivity contribution is 5.94. The van der Waals surface area contributed by atoms with E-state index in [-0.39, 0.29) is 17.7 Å². The van der Waals surface area contributed by atoms with Gasteiger partial charge in [0.1, 0.15) is 11.0 Å². The summed E-state index contributed by atoms with van der Waals surface area (Å²) < 4.78 is 4.96. The predicted molar refractivity (Wildman–Crippen MR) is 169 cm³/mol. The van der Waals surface area contributed by atoms with Crippen LogP contribution in [0.4, 0.5) is 0 Å². The molecule has 3 aromatic carbocycles. The Morgan fingerprint density at radius 3 is 2.09 bits per heavy atom. The maximum atomic E-state index is 13.1. The van der Waals surface area contributed by atoms with Gasteiger partial charge in [-0.05, 0) is 60.3 Å². The fraction of sp³-hybridized carbons (Fsp3) is 0.371. The summed E-state index contributed by atoms with van der Waals surface area (Å²) in [5.74, 6) is -4.27. The number of benzene rings is 3. The van der Waals surface area contributed by atoms with Gasteiger partial charge in [0.15, 0.2) is 0 Å². The SMILES string of the molecule is CC1=C(C(=O)O)C(c2cccc3nonc23)C(C(=O)O)C(C)(CC(C)N2CCN(C(c3ccccc3)c3ccccc3)CC2)N1. The number of aromatic nitrogens is 2. The fourth-order valence-electron chi connectivity index (χ4n) is 7.70. The number of allylic oxidation sites excluding steroid dienone is 1. The summed E-state index contributed by atoms with van der Waals surface area (Å²) in [5, 5.41) is 32.3. The second kappa shape index (κ2) is 12.5. The van der Waals surface area contributed by atoms with Crippen LogP contribution >= 0.6 is 0 Å². The molecule has 3 heterocycles. The number of rotatable bonds is 9. The number of hydrogen-bond acceptors (Lipinski definition) is 8. The predicted octanol–water partition coefficient (Wildman–Crippen LogP) is 4.91. The third-order valence-corrected chi connectivity index (χ3v) is 9.64. The van der Waals surface area contributed by atoms with Crippen LogP contribution in [0, 0.1) is 5.92 Å².